The predicted octanol–water partition coefficient (Wildman–Crippen LogP) is -0.0244. The van der Waals surface area contributed by atoms with E-state index in [0.717, 1.165) is 0 Å². The number of rotatable bonds is 1. The van der Waals surface area contributed by atoms with Crippen LogP contribution in [-0.4, -0.2) is 17.7 Å². The Bertz CT molecular complexity index is 179. The monoisotopic (exact) mass is 126 g/mol. The highest BCUT2D eigenvalue weighted by Gasteiger charge is 2.07. The van der Waals surface area contributed by atoms with Crippen molar-refractivity contribution in [1.82, 2.24) is 0 Å². The molecule has 0 radical (unpaired) electrons. The molecule has 1 N–H and O–H groups in total. The standard InChI is InChI=1S/C6H6O3/c7-4-3-5-1-2-6(8)9-5/h1-3,7H,4H2/b5-3-. The van der Waals surface area contributed by atoms with Crippen LogP contribution in [0.25, 0.3) is 0 Å². The van der Waals surface area contributed by atoms with Gasteiger partial charge in [-0.1, -0.05) is 0 Å². The summed E-state index contributed by atoms with van der Waals surface area (Å²) in [6.07, 6.45) is 4.24. The summed E-state index contributed by atoms with van der Waals surface area (Å²) in [4.78, 5) is 10.3. The highest BCUT2D eigenvalue weighted by atomic mass is 16.5. The zero-order chi connectivity index (χ0) is 6.69. The van der Waals surface area contributed by atoms with Gasteiger partial charge in [-0.3, -0.25) is 0 Å². The fraction of sp³-hybridized carbons (Fsp3) is 0.167. The summed E-state index contributed by atoms with van der Waals surface area (Å²) >= 11 is 0. The fourth-order valence-corrected chi connectivity index (χ4v) is 0.534. The van der Waals surface area contributed by atoms with Gasteiger partial charge >= 0.3 is 5.97 Å². The van der Waals surface area contributed by atoms with Crippen LogP contribution in [0.15, 0.2) is 24.0 Å². The van der Waals surface area contributed by atoms with Gasteiger partial charge in [-0.15, -0.1) is 0 Å². The first-order valence-electron chi connectivity index (χ1n) is 2.54. The average Bonchev–Trinajstić information content (AvgIpc) is 2.17. The lowest BCUT2D eigenvalue weighted by Crippen LogP contribution is -1.90. The van der Waals surface area contributed by atoms with Crippen molar-refractivity contribution in [2.45, 2.75) is 0 Å². The van der Waals surface area contributed by atoms with Crippen LogP contribution >= 0.6 is 0 Å². The lowest BCUT2D eigenvalue weighted by atomic mass is 10.4. The van der Waals surface area contributed by atoms with Crippen molar-refractivity contribution in [3.8, 4) is 0 Å². The Labute approximate surface area is 52.2 Å². The molecule has 0 fully saturated rings. The zero-order valence-corrected chi connectivity index (χ0v) is 4.70. The smallest absolute Gasteiger partial charge is 0.336 e. The van der Waals surface area contributed by atoms with E-state index in [-0.39, 0.29) is 12.6 Å². The van der Waals surface area contributed by atoms with Gasteiger partial charge in [-0.2, -0.15) is 0 Å². The molecule has 1 aliphatic rings. The van der Waals surface area contributed by atoms with E-state index in [4.69, 9.17) is 5.11 Å². The van der Waals surface area contributed by atoms with E-state index in [9.17, 15) is 4.79 Å². The maximum Gasteiger partial charge on any atom is 0.336 e. The maximum atomic E-state index is 10.3. The number of hydrogen-bond acceptors (Lipinski definition) is 3. The minimum Gasteiger partial charge on any atom is -0.424 e. The highest BCUT2D eigenvalue weighted by Crippen LogP contribution is 2.07. The molecule has 3 heteroatoms. The zero-order valence-electron chi connectivity index (χ0n) is 4.70. The number of allylic oxidation sites excluding steroid dienone is 1. The lowest BCUT2D eigenvalue weighted by Gasteiger charge is -1.90. The van der Waals surface area contributed by atoms with E-state index in [1.807, 2.05) is 0 Å². The van der Waals surface area contributed by atoms with E-state index in [0.29, 0.717) is 5.76 Å². The van der Waals surface area contributed by atoms with E-state index in [1.165, 1.54) is 18.2 Å². The van der Waals surface area contributed by atoms with Gasteiger partial charge in [0.15, 0.2) is 0 Å². The van der Waals surface area contributed by atoms with E-state index in [1.54, 1.807) is 0 Å². The molecule has 0 aromatic heterocycles. The Balaban J connectivity index is 2.60. The third-order valence-corrected chi connectivity index (χ3v) is 0.895. The van der Waals surface area contributed by atoms with E-state index in [2.05, 4.69) is 4.74 Å². The number of aliphatic hydroxyl groups is 1. The summed E-state index contributed by atoms with van der Waals surface area (Å²) in [5.74, 6) is 0.0391. The molecular weight excluding hydrogens is 120 g/mol. The van der Waals surface area contributed by atoms with Crippen molar-refractivity contribution in [3.63, 3.8) is 0 Å². The van der Waals surface area contributed by atoms with E-state index >= 15 is 0 Å². The molecule has 0 bridgehead atoms. The Morgan fingerprint density at radius 2 is 2.44 bits per heavy atom. The van der Waals surface area contributed by atoms with Crippen LogP contribution in [0.2, 0.25) is 0 Å². The normalized spacial score (nSPS) is 21.0. The number of hydrogen-bond donors (Lipinski definition) is 1. The van der Waals surface area contributed by atoms with Crippen molar-refractivity contribution < 1.29 is 14.6 Å². The fourth-order valence-electron chi connectivity index (χ4n) is 0.534. The molecule has 0 aromatic carbocycles. The number of carbonyl (C=O) groups excluding carboxylic acids is 1. The second-order valence-electron chi connectivity index (χ2n) is 1.54. The van der Waals surface area contributed by atoms with Crippen LogP contribution in [0.4, 0.5) is 0 Å². The second kappa shape index (κ2) is 2.46. The van der Waals surface area contributed by atoms with Crippen LogP contribution in [-0.2, 0) is 9.53 Å². The van der Waals surface area contributed by atoms with Gasteiger partial charge in [-0.25, -0.2) is 4.79 Å². The first-order chi connectivity index (χ1) is 4.33. The van der Waals surface area contributed by atoms with Crippen molar-refractivity contribution in [2.24, 2.45) is 0 Å². The van der Waals surface area contributed by atoms with Gasteiger partial charge in [0.05, 0.1) is 6.61 Å². The molecule has 0 spiro atoms. The van der Waals surface area contributed by atoms with Gasteiger partial charge in [0.25, 0.3) is 0 Å². The molecule has 1 heterocycles. The molecule has 0 saturated carbocycles. The molecule has 1 rings (SSSR count). The quantitative estimate of drug-likeness (QED) is 0.502. The van der Waals surface area contributed by atoms with Crippen LogP contribution in [0.5, 0.6) is 0 Å². The van der Waals surface area contributed by atoms with Gasteiger partial charge < -0.3 is 9.84 Å². The Morgan fingerprint density at radius 3 is 2.89 bits per heavy atom. The number of esters is 1. The largest absolute Gasteiger partial charge is 0.424 e. The average molecular weight is 126 g/mol. The van der Waals surface area contributed by atoms with Crippen LogP contribution < -0.4 is 0 Å². The Kier molecular flexibility index (Phi) is 1.65. The molecule has 0 aliphatic carbocycles. The predicted molar refractivity (Wildman–Crippen MR) is 30.4 cm³/mol. The number of ether oxygens (including phenoxy) is 1. The van der Waals surface area contributed by atoms with Crippen molar-refractivity contribution in [3.05, 3.63) is 24.0 Å². The van der Waals surface area contributed by atoms with Gasteiger partial charge in [0.2, 0.25) is 0 Å². The third kappa shape index (κ3) is 1.40. The molecule has 9 heavy (non-hydrogen) atoms. The topological polar surface area (TPSA) is 46.5 Å². The molecule has 0 amide bonds. The summed E-state index contributed by atoms with van der Waals surface area (Å²) < 4.78 is 4.55. The summed E-state index contributed by atoms with van der Waals surface area (Å²) in [5.41, 5.74) is 0. The molecule has 48 valence electrons. The molecule has 3 nitrogen and oxygen atoms in total. The second-order valence-corrected chi connectivity index (χ2v) is 1.54. The summed E-state index contributed by atoms with van der Waals surface area (Å²) in [5, 5.41) is 8.31. The van der Waals surface area contributed by atoms with Crippen LogP contribution in [0.1, 0.15) is 0 Å². The molecule has 0 unspecified atom stereocenters. The molecule has 0 aromatic rings. The van der Waals surface area contributed by atoms with Crippen molar-refractivity contribution in [2.75, 3.05) is 6.61 Å². The minimum atomic E-state index is -0.380. The first kappa shape index (κ1) is 6.04. The molecule has 0 atom stereocenters. The summed E-state index contributed by atoms with van der Waals surface area (Å²) in [6.45, 7) is -0.104. The number of carbonyl (C=O) groups is 1. The molecule has 1 aliphatic heterocycles. The van der Waals surface area contributed by atoms with Gasteiger partial charge in [0.1, 0.15) is 5.76 Å². The Hall–Kier alpha value is -1.09. The van der Waals surface area contributed by atoms with E-state index < -0.39 is 0 Å². The summed E-state index contributed by atoms with van der Waals surface area (Å²) in [7, 11) is 0. The highest BCUT2D eigenvalue weighted by molar-refractivity contribution is 5.86. The molecular formula is C6H6O3. The van der Waals surface area contributed by atoms with Crippen LogP contribution in [0.3, 0.4) is 0 Å². The van der Waals surface area contributed by atoms with Crippen molar-refractivity contribution in [1.29, 1.82) is 0 Å². The number of aliphatic hydroxyl groups excluding tert-OH is 1. The van der Waals surface area contributed by atoms with Crippen LogP contribution in [0, 0.1) is 0 Å². The van der Waals surface area contributed by atoms with Gasteiger partial charge in [-0.05, 0) is 12.2 Å². The Morgan fingerprint density at radius 1 is 1.67 bits per heavy atom. The first-order valence-corrected chi connectivity index (χ1v) is 2.54. The number of cyclic esters (lactones) is 1. The third-order valence-electron chi connectivity index (χ3n) is 0.895. The summed E-state index contributed by atoms with van der Waals surface area (Å²) in [6, 6.07) is 0. The SMILES string of the molecule is O=C1C=C/C(=C/CO)O1. The lowest BCUT2D eigenvalue weighted by molar-refractivity contribution is -0.132. The molecule has 0 saturated heterocycles. The van der Waals surface area contributed by atoms with Gasteiger partial charge in [0, 0.05) is 6.08 Å². The van der Waals surface area contributed by atoms with Crippen molar-refractivity contribution >= 4 is 5.97 Å². The maximum absolute atomic E-state index is 10.3. The minimum absolute atomic E-state index is 0.104.